The molecule has 1 saturated heterocycles. The van der Waals surface area contributed by atoms with E-state index < -0.39 is 0 Å². The summed E-state index contributed by atoms with van der Waals surface area (Å²) >= 11 is 1.32. The zero-order chi connectivity index (χ0) is 23.7. The number of piperidine rings is 1. The zero-order valence-corrected chi connectivity index (χ0v) is 19.0. The number of carbonyl (C=O) groups is 2. The van der Waals surface area contributed by atoms with Crippen LogP contribution in [0.4, 0.5) is 11.5 Å². The third kappa shape index (κ3) is 4.01. The van der Waals surface area contributed by atoms with Crippen LogP contribution in [-0.2, 0) is 4.79 Å². The largest absolute Gasteiger partial charge is 0.383 e. The van der Waals surface area contributed by atoms with E-state index >= 15 is 0 Å². The number of nitrogens with two attached hydrogens (primary N) is 1. The van der Waals surface area contributed by atoms with Gasteiger partial charge in [0.05, 0.1) is 16.3 Å². The summed E-state index contributed by atoms with van der Waals surface area (Å²) in [5.41, 5.74) is 8.88. The lowest BCUT2D eigenvalue weighted by atomic mass is 10.1. The van der Waals surface area contributed by atoms with Crippen LogP contribution in [0.2, 0.25) is 0 Å². The molecule has 1 unspecified atom stereocenters. The molecule has 1 atom stereocenters. The Morgan fingerprint density at radius 1 is 1.26 bits per heavy atom. The summed E-state index contributed by atoms with van der Waals surface area (Å²) in [7, 11) is 0. The number of hydrogen-bond donors (Lipinski definition) is 2. The van der Waals surface area contributed by atoms with E-state index in [1.54, 1.807) is 35.5 Å². The lowest BCUT2D eigenvalue weighted by Gasteiger charge is -2.32. The first-order valence-electron chi connectivity index (χ1n) is 10.8. The van der Waals surface area contributed by atoms with Crippen molar-refractivity contribution in [2.75, 3.05) is 24.1 Å². The van der Waals surface area contributed by atoms with Crippen LogP contribution in [0, 0.1) is 0 Å². The van der Waals surface area contributed by atoms with E-state index in [1.165, 1.54) is 23.7 Å². The van der Waals surface area contributed by atoms with E-state index in [1.807, 2.05) is 10.1 Å². The van der Waals surface area contributed by atoms with E-state index in [0.29, 0.717) is 46.2 Å². The Kier molecular flexibility index (Phi) is 5.76. The van der Waals surface area contributed by atoms with E-state index in [0.717, 1.165) is 18.4 Å². The van der Waals surface area contributed by atoms with Gasteiger partial charge in [-0.2, -0.15) is 5.10 Å². The maximum Gasteiger partial charge on any atom is 0.265 e. The molecule has 2 amide bonds. The molecule has 1 aliphatic heterocycles. The van der Waals surface area contributed by atoms with Crippen molar-refractivity contribution in [3.63, 3.8) is 0 Å². The lowest BCUT2D eigenvalue weighted by Crippen LogP contribution is -2.40. The van der Waals surface area contributed by atoms with Crippen molar-refractivity contribution >= 4 is 45.7 Å². The number of carbonyl (C=O) groups excluding carboxylic acids is 2. The third-order valence-electron chi connectivity index (χ3n) is 5.78. The van der Waals surface area contributed by atoms with Gasteiger partial charge in [-0.1, -0.05) is 6.58 Å². The number of anilines is 2. The van der Waals surface area contributed by atoms with Crippen LogP contribution in [0.25, 0.3) is 22.3 Å². The molecule has 0 radical (unpaired) electrons. The average Bonchev–Trinajstić information content (AvgIpc) is 3.50. The summed E-state index contributed by atoms with van der Waals surface area (Å²) in [4.78, 5) is 39.8. The Morgan fingerprint density at radius 2 is 2.09 bits per heavy atom. The number of pyridine rings is 1. The molecule has 5 rings (SSSR count). The summed E-state index contributed by atoms with van der Waals surface area (Å²) in [5.74, 6) is -0.00504. The summed E-state index contributed by atoms with van der Waals surface area (Å²) < 4.78 is 1.83. The van der Waals surface area contributed by atoms with Crippen molar-refractivity contribution < 1.29 is 9.59 Å². The highest BCUT2D eigenvalue weighted by molar-refractivity contribution is 7.12. The lowest BCUT2D eigenvalue weighted by molar-refractivity contribution is -0.127. The molecule has 5 heterocycles. The van der Waals surface area contributed by atoms with Crippen molar-refractivity contribution in [2.45, 2.75) is 18.9 Å². The Hall–Kier alpha value is -4.12. The monoisotopic (exact) mass is 474 g/mol. The smallest absolute Gasteiger partial charge is 0.265 e. The van der Waals surface area contributed by atoms with Gasteiger partial charge in [0.2, 0.25) is 5.91 Å². The Balaban J connectivity index is 1.50. The number of aromatic nitrogens is 5. The van der Waals surface area contributed by atoms with Crippen LogP contribution in [0.1, 0.15) is 28.6 Å². The molecule has 1 fully saturated rings. The van der Waals surface area contributed by atoms with E-state index in [-0.39, 0.29) is 17.9 Å². The van der Waals surface area contributed by atoms with Crippen molar-refractivity contribution in [1.82, 2.24) is 29.6 Å². The van der Waals surface area contributed by atoms with Gasteiger partial charge in [0.1, 0.15) is 17.8 Å². The number of fused-ring (bicyclic) bond motifs is 1. The molecule has 172 valence electrons. The van der Waals surface area contributed by atoms with Gasteiger partial charge in [-0.05, 0) is 37.1 Å². The molecular weight excluding hydrogens is 452 g/mol. The van der Waals surface area contributed by atoms with Crippen LogP contribution in [0.15, 0.2) is 55.0 Å². The molecule has 0 saturated carbocycles. The highest BCUT2D eigenvalue weighted by Gasteiger charge is 2.28. The average molecular weight is 475 g/mol. The molecule has 1 aliphatic rings. The van der Waals surface area contributed by atoms with Crippen molar-refractivity contribution in [3.05, 3.63) is 59.8 Å². The summed E-state index contributed by atoms with van der Waals surface area (Å²) in [6, 6.07) is 5.18. The maximum atomic E-state index is 12.7. The molecule has 10 nitrogen and oxygen atoms in total. The SMILES string of the molecule is C=CC(=O)N1CCCC(n2nc(-c3csc(C(=O)Nc4ccncc4)c3)c3c(N)ncnc32)C1. The molecule has 0 aromatic carbocycles. The van der Waals surface area contributed by atoms with Gasteiger partial charge in [0.25, 0.3) is 5.91 Å². The number of nitrogens with zero attached hydrogens (tertiary/aromatic N) is 6. The first kappa shape index (κ1) is 21.7. The second kappa shape index (κ2) is 9.02. The van der Waals surface area contributed by atoms with Crippen LogP contribution in [0.5, 0.6) is 0 Å². The minimum atomic E-state index is -0.221. The number of nitrogens with one attached hydrogen (secondary N) is 1. The van der Waals surface area contributed by atoms with Gasteiger partial charge < -0.3 is 16.0 Å². The molecular formula is C23H22N8O2S. The second-order valence-corrected chi connectivity index (χ2v) is 8.84. The van der Waals surface area contributed by atoms with Crippen LogP contribution < -0.4 is 11.1 Å². The van der Waals surface area contributed by atoms with Gasteiger partial charge in [-0.25, -0.2) is 14.6 Å². The second-order valence-electron chi connectivity index (χ2n) is 7.92. The van der Waals surface area contributed by atoms with Crippen molar-refractivity contribution in [2.24, 2.45) is 0 Å². The molecule has 3 N–H and O–H groups in total. The Bertz CT molecular complexity index is 1380. The quantitative estimate of drug-likeness (QED) is 0.425. The normalized spacial score (nSPS) is 15.9. The topological polar surface area (TPSA) is 132 Å². The molecule has 0 aliphatic carbocycles. The summed E-state index contributed by atoms with van der Waals surface area (Å²) in [5, 5.41) is 10.2. The maximum absolute atomic E-state index is 12.7. The first-order valence-corrected chi connectivity index (χ1v) is 11.6. The number of nitrogen functional groups attached to an aromatic ring is 1. The number of rotatable bonds is 5. The molecule has 34 heavy (non-hydrogen) atoms. The van der Waals surface area contributed by atoms with Gasteiger partial charge in [-0.3, -0.25) is 14.6 Å². The Labute approximate surface area is 199 Å². The van der Waals surface area contributed by atoms with Gasteiger partial charge in [-0.15, -0.1) is 11.3 Å². The van der Waals surface area contributed by atoms with Crippen LogP contribution >= 0.6 is 11.3 Å². The van der Waals surface area contributed by atoms with Crippen molar-refractivity contribution in [1.29, 1.82) is 0 Å². The number of thiophene rings is 1. The highest BCUT2D eigenvalue weighted by Crippen LogP contribution is 2.35. The predicted octanol–water partition coefficient (Wildman–Crippen LogP) is 3.13. The fourth-order valence-corrected chi connectivity index (χ4v) is 4.93. The predicted molar refractivity (Wildman–Crippen MR) is 130 cm³/mol. The number of likely N-dealkylation sites (tertiary alicyclic amines) is 1. The van der Waals surface area contributed by atoms with Crippen LogP contribution in [0.3, 0.4) is 0 Å². The molecule has 0 spiro atoms. The van der Waals surface area contributed by atoms with E-state index in [9.17, 15) is 9.59 Å². The van der Waals surface area contributed by atoms with Crippen molar-refractivity contribution in [3.8, 4) is 11.3 Å². The van der Waals surface area contributed by atoms with Gasteiger partial charge in [0, 0.05) is 42.1 Å². The van der Waals surface area contributed by atoms with E-state index in [4.69, 9.17) is 10.8 Å². The third-order valence-corrected chi connectivity index (χ3v) is 6.71. The number of amides is 2. The molecule has 4 aromatic rings. The van der Waals surface area contributed by atoms with E-state index in [2.05, 4.69) is 26.8 Å². The number of hydrogen-bond acceptors (Lipinski definition) is 8. The first-order chi connectivity index (χ1) is 16.5. The van der Waals surface area contributed by atoms with Gasteiger partial charge >= 0.3 is 0 Å². The molecule has 0 bridgehead atoms. The summed E-state index contributed by atoms with van der Waals surface area (Å²) in [6.07, 6.45) is 7.68. The van der Waals surface area contributed by atoms with Crippen LogP contribution in [-0.4, -0.2) is 54.5 Å². The molecule has 4 aromatic heterocycles. The zero-order valence-electron chi connectivity index (χ0n) is 18.2. The standard InChI is InChI=1S/C23H22N8O2S/c1-2-18(32)30-9-3-4-16(11-30)31-22-19(21(24)26-13-27-22)20(29-31)14-10-17(34-12-14)23(33)28-15-5-7-25-8-6-15/h2,5-8,10,12-13,16H,1,3-4,9,11H2,(H2,24,26,27)(H,25,28,33). The molecule has 11 heteroatoms. The Morgan fingerprint density at radius 3 is 2.88 bits per heavy atom. The fourth-order valence-electron chi connectivity index (χ4n) is 4.14. The summed E-state index contributed by atoms with van der Waals surface area (Å²) in [6.45, 7) is 4.79. The highest BCUT2D eigenvalue weighted by atomic mass is 32.1. The minimum Gasteiger partial charge on any atom is -0.383 e. The minimum absolute atomic E-state index is 0.0590. The van der Waals surface area contributed by atoms with Gasteiger partial charge in [0.15, 0.2) is 5.65 Å². The fraction of sp³-hybridized carbons (Fsp3) is 0.217.